The second kappa shape index (κ2) is 10.1. The van der Waals surface area contributed by atoms with E-state index < -0.39 is 34.9 Å². The van der Waals surface area contributed by atoms with E-state index in [0.717, 1.165) is 25.0 Å². The van der Waals surface area contributed by atoms with Crippen LogP contribution in [-0.4, -0.2) is 27.5 Å². The van der Waals surface area contributed by atoms with Gasteiger partial charge in [0.05, 0.1) is 29.7 Å². The number of rotatable bonds is 4. The lowest BCUT2D eigenvalue weighted by molar-refractivity contribution is -0.137. The van der Waals surface area contributed by atoms with Gasteiger partial charge >= 0.3 is 6.18 Å². The van der Waals surface area contributed by atoms with Gasteiger partial charge in [-0.2, -0.15) is 23.0 Å². The maximum absolute atomic E-state index is 13.6. The molecule has 0 saturated carbocycles. The SMILES string of the molecule is Cn1c2c(c(Nc3ccc(F)cc3C(F)(F)F)cc1=O)CCN(c1cnn(C3CCCCO3)c(=O)c1Cl)C2. The highest BCUT2D eigenvalue weighted by molar-refractivity contribution is 6.33. The molecule has 2 aliphatic heterocycles. The molecule has 2 aliphatic rings. The summed E-state index contributed by atoms with van der Waals surface area (Å²) in [6.45, 7) is 1.06. The fraction of sp³-hybridized carbons (Fsp3) is 0.400. The van der Waals surface area contributed by atoms with Crippen LogP contribution in [0, 0.1) is 5.82 Å². The number of halogens is 5. The van der Waals surface area contributed by atoms with Crippen molar-refractivity contribution in [2.45, 2.75) is 44.6 Å². The summed E-state index contributed by atoms with van der Waals surface area (Å²) in [7, 11) is 1.56. The normalized spacial score (nSPS) is 17.8. The van der Waals surface area contributed by atoms with E-state index in [0.29, 0.717) is 49.0 Å². The van der Waals surface area contributed by atoms with E-state index in [9.17, 15) is 27.2 Å². The number of pyridine rings is 1. The number of fused-ring (bicyclic) bond motifs is 1. The summed E-state index contributed by atoms with van der Waals surface area (Å²) in [6.07, 6.45) is -0.977. The van der Waals surface area contributed by atoms with Crippen LogP contribution in [0.15, 0.2) is 40.1 Å². The highest BCUT2D eigenvalue weighted by Gasteiger charge is 2.35. The van der Waals surface area contributed by atoms with Crippen molar-refractivity contribution in [1.82, 2.24) is 14.3 Å². The van der Waals surface area contributed by atoms with Crippen molar-refractivity contribution >= 4 is 28.7 Å². The molecule has 3 aromatic rings. The van der Waals surface area contributed by atoms with Gasteiger partial charge in [0.1, 0.15) is 10.8 Å². The quantitative estimate of drug-likeness (QED) is 0.469. The minimum Gasteiger partial charge on any atom is -0.363 e. The number of nitrogens with zero attached hydrogens (tertiary/aromatic N) is 4. The van der Waals surface area contributed by atoms with E-state index in [-0.39, 0.29) is 22.9 Å². The van der Waals surface area contributed by atoms with Crippen LogP contribution < -0.4 is 21.3 Å². The molecule has 2 aromatic heterocycles. The number of benzene rings is 1. The molecule has 5 rings (SSSR count). The molecule has 8 nitrogen and oxygen atoms in total. The lowest BCUT2D eigenvalue weighted by atomic mass is 10.0. The number of hydrogen-bond donors (Lipinski definition) is 1. The highest BCUT2D eigenvalue weighted by atomic mass is 35.5. The Labute approximate surface area is 219 Å². The Kier molecular flexibility index (Phi) is 6.95. The van der Waals surface area contributed by atoms with Gasteiger partial charge in [-0.25, -0.2) is 4.39 Å². The summed E-state index contributed by atoms with van der Waals surface area (Å²) in [6, 6.07) is 3.54. The molecule has 202 valence electrons. The molecule has 1 saturated heterocycles. The summed E-state index contributed by atoms with van der Waals surface area (Å²) >= 11 is 6.47. The minimum atomic E-state index is -4.80. The van der Waals surface area contributed by atoms with Crippen molar-refractivity contribution in [2.75, 3.05) is 23.4 Å². The van der Waals surface area contributed by atoms with E-state index in [1.807, 2.05) is 0 Å². The second-order valence-electron chi connectivity index (χ2n) is 9.28. The van der Waals surface area contributed by atoms with Crippen LogP contribution in [0.4, 0.5) is 34.6 Å². The topological polar surface area (TPSA) is 81.4 Å². The Balaban J connectivity index is 1.48. The molecule has 1 fully saturated rings. The van der Waals surface area contributed by atoms with Crippen LogP contribution >= 0.6 is 11.6 Å². The van der Waals surface area contributed by atoms with Crippen molar-refractivity contribution in [3.8, 4) is 0 Å². The number of anilines is 3. The van der Waals surface area contributed by atoms with Gasteiger partial charge in [-0.15, -0.1) is 0 Å². The van der Waals surface area contributed by atoms with Crippen LogP contribution in [0.1, 0.15) is 42.3 Å². The molecule has 0 bridgehead atoms. The predicted octanol–water partition coefficient (Wildman–Crippen LogP) is 4.76. The molecule has 0 amide bonds. The average molecular weight is 554 g/mol. The van der Waals surface area contributed by atoms with E-state index in [1.165, 1.54) is 21.5 Å². The molecule has 0 aliphatic carbocycles. The lowest BCUT2D eigenvalue weighted by Gasteiger charge is -2.33. The molecule has 0 spiro atoms. The molecule has 1 aromatic carbocycles. The zero-order valence-electron chi connectivity index (χ0n) is 20.3. The summed E-state index contributed by atoms with van der Waals surface area (Å²) in [5.41, 5.74) is -0.707. The fourth-order valence-electron chi connectivity index (χ4n) is 4.89. The van der Waals surface area contributed by atoms with Crippen LogP contribution in [0.2, 0.25) is 5.02 Å². The van der Waals surface area contributed by atoms with Crippen molar-refractivity contribution in [1.29, 1.82) is 0 Å². The van der Waals surface area contributed by atoms with Crippen LogP contribution in [0.5, 0.6) is 0 Å². The zero-order valence-corrected chi connectivity index (χ0v) is 21.1. The molecule has 1 N–H and O–H groups in total. The molecule has 13 heteroatoms. The number of ether oxygens (including phenoxy) is 1. The van der Waals surface area contributed by atoms with E-state index in [4.69, 9.17) is 16.3 Å². The first-order chi connectivity index (χ1) is 18.0. The third-order valence-electron chi connectivity index (χ3n) is 6.90. The van der Waals surface area contributed by atoms with Gasteiger partial charge in [0.2, 0.25) is 0 Å². The standard InChI is InChI=1S/C25H24ClF4N5O3/c1-33-20-13-34(19-12-31-35(24(37)23(19)26)22-4-2-3-9-38-22)8-7-15(20)18(11-21(33)36)32-17-6-5-14(27)10-16(17)25(28,29)30/h5-6,10-12,22,32H,2-4,7-9,13H2,1H3. The van der Waals surface area contributed by atoms with Crippen LogP contribution in [0.3, 0.4) is 0 Å². The summed E-state index contributed by atoms with van der Waals surface area (Å²) < 4.78 is 62.5. The second-order valence-corrected chi connectivity index (χ2v) is 9.66. The van der Waals surface area contributed by atoms with Crippen molar-refractivity contribution in [3.63, 3.8) is 0 Å². The summed E-state index contributed by atoms with van der Waals surface area (Å²) in [5, 5.41) is 6.95. The molecular weight excluding hydrogens is 530 g/mol. The highest BCUT2D eigenvalue weighted by Crippen LogP contribution is 2.38. The van der Waals surface area contributed by atoms with Gasteiger partial charge in [0, 0.05) is 37.6 Å². The molecule has 4 heterocycles. The van der Waals surface area contributed by atoms with Gasteiger partial charge in [-0.1, -0.05) is 11.6 Å². The van der Waals surface area contributed by atoms with Crippen LogP contribution in [0.25, 0.3) is 0 Å². The molecule has 1 unspecified atom stereocenters. The first-order valence-corrected chi connectivity index (χ1v) is 12.4. The first kappa shape index (κ1) is 26.2. The number of aromatic nitrogens is 3. The summed E-state index contributed by atoms with van der Waals surface area (Å²) in [5.74, 6) is -1.02. The Morgan fingerprint density at radius 1 is 1.16 bits per heavy atom. The minimum absolute atomic E-state index is 0.0296. The molecule has 0 radical (unpaired) electrons. The van der Waals surface area contributed by atoms with Crippen molar-refractivity contribution in [3.05, 3.63) is 78.8 Å². The van der Waals surface area contributed by atoms with E-state index >= 15 is 0 Å². The lowest BCUT2D eigenvalue weighted by Crippen LogP contribution is -2.38. The van der Waals surface area contributed by atoms with E-state index in [2.05, 4.69) is 10.4 Å². The third-order valence-corrected chi connectivity index (χ3v) is 7.25. The van der Waals surface area contributed by atoms with Crippen molar-refractivity contribution < 1.29 is 22.3 Å². The number of alkyl halides is 3. The van der Waals surface area contributed by atoms with Gasteiger partial charge < -0.3 is 19.5 Å². The Bertz CT molecular complexity index is 1500. The molecular formula is C25H24ClF4N5O3. The molecule has 38 heavy (non-hydrogen) atoms. The zero-order chi connectivity index (χ0) is 27.2. The summed E-state index contributed by atoms with van der Waals surface area (Å²) in [4.78, 5) is 27.5. The van der Waals surface area contributed by atoms with Crippen molar-refractivity contribution in [2.24, 2.45) is 7.05 Å². The maximum atomic E-state index is 13.6. The Hall–Kier alpha value is -3.38. The maximum Gasteiger partial charge on any atom is 0.418 e. The Morgan fingerprint density at radius 2 is 1.95 bits per heavy atom. The van der Waals surface area contributed by atoms with Crippen LogP contribution in [-0.2, 0) is 30.9 Å². The fourth-order valence-corrected chi connectivity index (χ4v) is 5.14. The predicted molar refractivity (Wildman–Crippen MR) is 133 cm³/mol. The average Bonchev–Trinajstić information content (AvgIpc) is 2.89. The molecule has 1 atom stereocenters. The number of nitrogens with one attached hydrogen (secondary N) is 1. The smallest absolute Gasteiger partial charge is 0.363 e. The largest absolute Gasteiger partial charge is 0.418 e. The Morgan fingerprint density at radius 3 is 2.66 bits per heavy atom. The van der Waals surface area contributed by atoms with Gasteiger partial charge in [-0.05, 0) is 49.4 Å². The van der Waals surface area contributed by atoms with Gasteiger partial charge in [0.15, 0.2) is 6.23 Å². The first-order valence-electron chi connectivity index (χ1n) is 12.0. The third kappa shape index (κ3) is 4.90. The van der Waals surface area contributed by atoms with E-state index in [1.54, 1.807) is 11.9 Å². The number of hydrogen-bond acceptors (Lipinski definition) is 6. The monoisotopic (exact) mass is 553 g/mol. The van der Waals surface area contributed by atoms with Gasteiger partial charge in [0.25, 0.3) is 11.1 Å². The van der Waals surface area contributed by atoms with Gasteiger partial charge in [-0.3, -0.25) is 9.59 Å².